The molecule has 1 aromatic heterocycles. The van der Waals surface area contributed by atoms with Crippen molar-refractivity contribution in [2.24, 2.45) is 0 Å². The van der Waals surface area contributed by atoms with Crippen molar-refractivity contribution in [3.8, 4) is 5.75 Å². The molecule has 1 amide bonds. The van der Waals surface area contributed by atoms with E-state index in [1.807, 2.05) is 42.0 Å². The summed E-state index contributed by atoms with van der Waals surface area (Å²) >= 11 is 6.36. The van der Waals surface area contributed by atoms with Gasteiger partial charge in [-0.1, -0.05) is 56.6 Å². The molecule has 1 unspecified atom stereocenters. The topological polar surface area (TPSA) is 84.7 Å². The minimum absolute atomic E-state index is 0.0514. The fourth-order valence-electron chi connectivity index (χ4n) is 4.54. The molecule has 1 fully saturated rings. The van der Waals surface area contributed by atoms with Crippen LogP contribution in [-0.2, 0) is 21.5 Å². The van der Waals surface area contributed by atoms with E-state index in [1.54, 1.807) is 35.6 Å². The first-order valence-corrected chi connectivity index (χ1v) is 12.8. The van der Waals surface area contributed by atoms with Gasteiger partial charge in [0.1, 0.15) is 11.5 Å². The summed E-state index contributed by atoms with van der Waals surface area (Å²) in [5.74, 6) is -1.12. The molecule has 1 aliphatic rings. The smallest absolute Gasteiger partial charge is 0.295 e. The van der Waals surface area contributed by atoms with E-state index in [0.29, 0.717) is 42.5 Å². The molecule has 0 radical (unpaired) electrons. The molecule has 1 aliphatic heterocycles. The Morgan fingerprint density at radius 2 is 1.84 bits per heavy atom. The molecule has 2 heterocycles. The van der Waals surface area contributed by atoms with E-state index in [0.717, 1.165) is 11.1 Å². The lowest BCUT2D eigenvalue weighted by atomic mass is 9.85. The van der Waals surface area contributed by atoms with Gasteiger partial charge in [-0.15, -0.1) is 0 Å². The van der Waals surface area contributed by atoms with Gasteiger partial charge in [-0.05, 0) is 48.1 Å². The number of amides is 1. The summed E-state index contributed by atoms with van der Waals surface area (Å²) in [5, 5.41) is 11.6. The van der Waals surface area contributed by atoms with Crippen molar-refractivity contribution in [3.05, 3.63) is 88.5 Å². The van der Waals surface area contributed by atoms with Gasteiger partial charge in [0, 0.05) is 31.0 Å². The van der Waals surface area contributed by atoms with E-state index in [1.165, 1.54) is 0 Å². The van der Waals surface area contributed by atoms with Crippen molar-refractivity contribution >= 4 is 29.1 Å². The number of rotatable bonds is 8. The van der Waals surface area contributed by atoms with Crippen molar-refractivity contribution in [1.29, 1.82) is 0 Å². The third kappa shape index (κ3) is 5.57. The number of ketones is 1. The first-order chi connectivity index (χ1) is 17.6. The Morgan fingerprint density at radius 3 is 2.43 bits per heavy atom. The number of ether oxygens (including phenoxy) is 1. The summed E-state index contributed by atoms with van der Waals surface area (Å²) in [6, 6.07) is 12.0. The number of likely N-dealkylation sites (tertiary alicyclic amines) is 1. The van der Waals surface area contributed by atoms with Gasteiger partial charge in [0.05, 0.1) is 29.6 Å². The van der Waals surface area contributed by atoms with E-state index in [9.17, 15) is 14.7 Å². The quantitative estimate of drug-likeness (QED) is 0.232. The van der Waals surface area contributed by atoms with Gasteiger partial charge in [0.15, 0.2) is 0 Å². The van der Waals surface area contributed by atoms with Crippen LogP contribution in [0, 0.1) is 0 Å². The number of aliphatic hydroxyl groups is 1. The number of hydrogen-bond acceptors (Lipinski definition) is 5. The Hall–Kier alpha value is -3.58. The second-order valence-corrected chi connectivity index (χ2v) is 10.5. The molecule has 8 heteroatoms. The van der Waals surface area contributed by atoms with E-state index in [4.69, 9.17) is 16.3 Å². The molecule has 0 spiro atoms. The molecule has 194 valence electrons. The summed E-state index contributed by atoms with van der Waals surface area (Å²) < 4.78 is 7.41. The highest BCUT2D eigenvalue weighted by Gasteiger charge is 2.45. The first kappa shape index (κ1) is 26.5. The molecular formula is C29H32ClN3O4. The highest BCUT2D eigenvalue weighted by Crippen LogP contribution is 2.41. The number of aryl methyl sites for hydroxylation is 1. The Kier molecular flexibility index (Phi) is 7.73. The summed E-state index contributed by atoms with van der Waals surface area (Å²) in [4.78, 5) is 32.1. The number of imidazole rings is 1. The number of hydrogen-bond donors (Lipinski definition) is 1. The molecule has 1 atom stereocenters. The molecule has 2 aromatic carbocycles. The van der Waals surface area contributed by atoms with Crippen LogP contribution in [0.1, 0.15) is 56.8 Å². The fourth-order valence-corrected chi connectivity index (χ4v) is 4.78. The number of halogens is 1. The number of nitrogens with zero attached hydrogens (tertiary/aromatic N) is 3. The van der Waals surface area contributed by atoms with Crippen molar-refractivity contribution < 1.29 is 19.4 Å². The summed E-state index contributed by atoms with van der Waals surface area (Å²) in [6.45, 7) is 9.66. The molecule has 0 bridgehead atoms. The van der Waals surface area contributed by atoms with Crippen LogP contribution < -0.4 is 4.74 Å². The van der Waals surface area contributed by atoms with Crippen LogP contribution >= 0.6 is 11.6 Å². The second-order valence-electron chi connectivity index (χ2n) is 10.1. The van der Waals surface area contributed by atoms with E-state index >= 15 is 0 Å². The van der Waals surface area contributed by atoms with E-state index in [2.05, 4.69) is 25.8 Å². The maximum atomic E-state index is 13.3. The molecular weight excluding hydrogens is 490 g/mol. The van der Waals surface area contributed by atoms with Crippen LogP contribution in [-0.4, -0.2) is 44.4 Å². The summed E-state index contributed by atoms with van der Waals surface area (Å²) in [6.07, 6.45) is 5.89. The third-order valence-electron chi connectivity index (χ3n) is 6.51. The van der Waals surface area contributed by atoms with Crippen LogP contribution in [0.2, 0.25) is 5.02 Å². The highest BCUT2D eigenvalue weighted by atomic mass is 35.5. The minimum atomic E-state index is -0.720. The number of Topliss-reactive ketones (excluding diaryl/α,β-unsaturated/α-hetero) is 1. The molecule has 0 aliphatic carbocycles. The maximum absolute atomic E-state index is 13.3. The Bertz CT molecular complexity index is 1310. The van der Waals surface area contributed by atoms with Crippen molar-refractivity contribution in [1.82, 2.24) is 14.5 Å². The minimum Gasteiger partial charge on any atom is -0.507 e. The largest absolute Gasteiger partial charge is 0.507 e. The summed E-state index contributed by atoms with van der Waals surface area (Å²) in [5.41, 5.74) is 2.24. The molecule has 4 rings (SSSR count). The molecule has 0 saturated carbocycles. The van der Waals surface area contributed by atoms with Gasteiger partial charge >= 0.3 is 0 Å². The number of carbonyl (C=O) groups excluding carboxylic acids is 2. The zero-order valence-electron chi connectivity index (χ0n) is 21.6. The Morgan fingerprint density at radius 1 is 1.11 bits per heavy atom. The molecule has 7 nitrogen and oxygen atoms in total. The van der Waals surface area contributed by atoms with Crippen molar-refractivity contribution in [2.75, 3.05) is 13.2 Å². The third-order valence-corrected chi connectivity index (χ3v) is 6.81. The lowest BCUT2D eigenvalue weighted by Gasteiger charge is -2.26. The molecule has 37 heavy (non-hydrogen) atoms. The Labute approximate surface area is 222 Å². The van der Waals surface area contributed by atoms with Gasteiger partial charge in [0.2, 0.25) is 0 Å². The van der Waals surface area contributed by atoms with Gasteiger partial charge in [-0.3, -0.25) is 9.59 Å². The van der Waals surface area contributed by atoms with Crippen LogP contribution in [0.25, 0.3) is 5.76 Å². The highest BCUT2D eigenvalue weighted by molar-refractivity contribution is 6.46. The van der Waals surface area contributed by atoms with E-state index in [-0.39, 0.29) is 16.7 Å². The molecule has 3 aromatic rings. The second kappa shape index (κ2) is 10.8. The predicted molar refractivity (Wildman–Crippen MR) is 144 cm³/mol. The van der Waals surface area contributed by atoms with Gasteiger partial charge in [-0.2, -0.15) is 0 Å². The van der Waals surface area contributed by atoms with Gasteiger partial charge in [-0.25, -0.2) is 4.98 Å². The van der Waals surface area contributed by atoms with Gasteiger partial charge < -0.3 is 19.3 Å². The van der Waals surface area contributed by atoms with Crippen LogP contribution in [0.4, 0.5) is 0 Å². The average molecular weight is 522 g/mol. The van der Waals surface area contributed by atoms with E-state index < -0.39 is 17.7 Å². The van der Waals surface area contributed by atoms with Crippen LogP contribution in [0.3, 0.4) is 0 Å². The monoisotopic (exact) mass is 521 g/mol. The zero-order valence-corrected chi connectivity index (χ0v) is 22.3. The average Bonchev–Trinajstić information content (AvgIpc) is 3.47. The fraction of sp³-hybridized carbons (Fsp3) is 0.345. The number of benzene rings is 2. The Balaban J connectivity index is 1.75. The van der Waals surface area contributed by atoms with Crippen molar-refractivity contribution in [3.63, 3.8) is 0 Å². The lowest BCUT2D eigenvalue weighted by molar-refractivity contribution is -0.139. The molecule has 1 N–H and O–H groups in total. The normalized spacial score (nSPS) is 17.4. The van der Waals surface area contributed by atoms with Crippen molar-refractivity contribution in [2.45, 2.75) is 52.1 Å². The number of carbonyl (C=O) groups is 2. The number of aromatic nitrogens is 2. The predicted octanol–water partition coefficient (Wildman–Crippen LogP) is 5.74. The SMILES string of the molecule is CCOc1ccc(C(O)=C2C(=O)C(=O)N(CCCn3ccnc3)C2c2ccc(C(C)(C)C)cc2)cc1Cl. The first-order valence-electron chi connectivity index (χ1n) is 12.4. The van der Waals surface area contributed by atoms with Crippen LogP contribution in [0.5, 0.6) is 5.75 Å². The number of aliphatic hydroxyl groups excluding tert-OH is 1. The standard InChI is InChI=1S/C29H32ClN3O4/c1-5-37-23-12-9-20(17-22(23)30)26(34)24-25(19-7-10-21(11-8-19)29(2,3)4)33(28(36)27(24)35)15-6-14-32-16-13-31-18-32/h7-13,16-18,25,34H,5-6,14-15H2,1-4H3. The zero-order chi connectivity index (χ0) is 26.7. The summed E-state index contributed by atoms with van der Waals surface area (Å²) in [7, 11) is 0. The lowest BCUT2D eigenvalue weighted by Crippen LogP contribution is -2.31. The van der Waals surface area contributed by atoms with Crippen LogP contribution in [0.15, 0.2) is 66.8 Å². The maximum Gasteiger partial charge on any atom is 0.295 e. The van der Waals surface area contributed by atoms with Gasteiger partial charge in [0.25, 0.3) is 11.7 Å². The molecule has 1 saturated heterocycles.